The first-order valence-electron chi connectivity index (χ1n) is 5.38. The lowest BCUT2D eigenvalue weighted by atomic mass is 10.1. The Labute approximate surface area is 91.4 Å². The number of ether oxygens (including phenoxy) is 1. The second kappa shape index (κ2) is 6.43. The fraction of sp³-hybridized carbons (Fsp3) is 0.500. The number of hydroxylamine groups is 1. The molecule has 1 aromatic carbocycles. The molecule has 1 N–H and O–H groups in total. The van der Waals surface area contributed by atoms with E-state index >= 15 is 0 Å². The van der Waals surface area contributed by atoms with Crippen LogP contribution in [0.2, 0.25) is 0 Å². The first-order chi connectivity index (χ1) is 7.27. The minimum absolute atomic E-state index is 0.195. The van der Waals surface area contributed by atoms with Gasteiger partial charge in [0, 0.05) is 0 Å². The molecule has 0 bridgehead atoms. The van der Waals surface area contributed by atoms with Gasteiger partial charge in [-0.3, -0.25) is 0 Å². The Morgan fingerprint density at radius 3 is 2.33 bits per heavy atom. The van der Waals surface area contributed by atoms with Gasteiger partial charge in [-0.15, -0.1) is 0 Å². The van der Waals surface area contributed by atoms with Crippen LogP contribution in [0.4, 0.5) is 0 Å². The number of rotatable bonds is 6. The molecule has 1 aromatic rings. The third-order valence-corrected chi connectivity index (χ3v) is 2.10. The highest BCUT2D eigenvalue weighted by Gasteiger charge is 2.04. The molecule has 0 aliphatic rings. The van der Waals surface area contributed by atoms with E-state index in [4.69, 9.17) is 9.57 Å². The summed E-state index contributed by atoms with van der Waals surface area (Å²) in [7, 11) is 0. The Morgan fingerprint density at radius 2 is 1.80 bits per heavy atom. The zero-order chi connectivity index (χ0) is 11.1. The molecule has 0 saturated heterocycles. The Hall–Kier alpha value is -1.06. The van der Waals surface area contributed by atoms with Crippen LogP contribution >= 0.6 is 0 Å². The fourth-order valence-corrected chi connectivity index (χ4v) is 1.30. The number of nitrogens with one attached hydrogen (secondary N) is 1. The van der Waals surface area contributed by atoms with Crippen LogP contribution in [-0.4, -0.2) is 13.2 Å². The van der Waals surface area contributed by atoms with Crippen molar-refractivity contribution in [2.75, 3.05) is 13.2 Å². The molecule has 84 valence electrons. The van der Waals surface area contributed by atoms with E-state index < -0.39 is 0 Å². The molecule has 1 rings (SSSR count). The summed E-state index contributed by atoms with van der Waals surface area (Å²) in [6, 6.07) is 8.23. The van der Waals surface area contributed by atoms with Gasteiger partial charge in [0.25, 0.3) is 0 Å². The summed E-state index contributed by atoms with van der Waals surface area (Å²) in [5.41, 5.74) is 4.15. The van der Waals surface area contributed by atoms with Crippen molar-refractivity contribution >= 4 is 0 Å². The quantitative estimate of drug-likeness (QED) is 0.731. The summed E-state index contributed by atoms with van der Waals surface area (Å²) < 4.78 is 5.37. The van der Waals surface area contributed by atoms with Gasteiger partial charge in [0.1, 0.15) is 5.75 Å². The van der Waals surface area contributed by atoms with Gasteiger partial charge < -0.3 is 9.57 Å². The molecule has 0 aliphatic heterocycles. The molecular weight excluding hydrogens is 190 g/mol. The van der Waals surface area contributed by atoms with E-state index in [0.717, 1.165) is 5.75 Å². The van der Waals surface area contributed by atoms with Gasteiger partial charge in [0.15, 0.2) is 0 Å². The average Bonchev–Trinajstić information content (AvgIpc) is 2.27. The van der Waals surface area contributed by atoms with E-state index in [2.05, 4.69) is 12.4 Å². The number of hydrogen-bond acceptors (Lipinski definition) is 3. The molecule has 1 unspecified atom stereocenters. The molecule has 0 saturated carbocycles. The average molecular weight is 209 g/mol. The second-order valence-corrected chi connectivity index (χ2v) is 3.27. The van der Waals surface area contributed by atoms with E-state index in [1.807, 2.05) is 38.1 Å². The lowest BCUT2D eigenvalue weighted by molar-refractivity contribution is 0.0285. The monoisotopic (exact) mass is 209 g/mol. The molecule has 0 fully saturated rings. The molecule has 0 aliphatic carbocycles. The molecule has 0 spiro atoms. The van der Waals surface area contributed by atoms with Crippen LogP contribution in [-0.2, 0) is 4.84 Å². The number of benzene rings is 1. The zero-order valence-electron chi connectivity index (χ0n) is 9.62. The molecule has 0 aromatic heterocycles. The smallest absolute Gasteiger partial charge is 0.119 e. The van der Waals surface area contributed by atoms with Crippen molar-refractivity contribution in [2.45, 2.75) is 26.8 Å². The van der Waals surface area contributed by atoms with Crippen LogP contribution in [0, 0.1) is 0 Å². The maximum atomic E-state index is 5.37. The van der Waals surface area contributed by atoms with Crippen molar-refractivity contribution in [3.05, 3.63) is 29.8 Å². The van der Waals surface area contributed by atoms with Gasteiger partial charge in [-0.2, -0.15) is 5.48 Å². The van der Waals surface area contributed by atoms with Crippen LogP contribution in [0.1, 0.15) is 32.4 Å². The van der Waals surface area contributed by atoms with Gasteiger partial charge >= 0.3 is 0 Å². The van der Waals surface area contributed by atoms with Gasteiger partial charge in [-0.25, -0.2) is 0 Å². The Kier molecular flexibility index (Phi) is 5.15. The Bertz CT molecular complexity index is 271. The van der Waals surface area contributed by atoms with E-state index in [-0.39, 0.29) is 6.04 Å². The molecule has 15 heavy (non-hydrogen) atoms. The van der Waals surface area contributed by atoms with Gasteiger partial charge in [-0.1, -0.05) is 12.1 Å². The number of hydrogen-bond donors (Lipinski definition) is 1. The fourth-order valence-electron chi connectivity index (χ4n) is 1.30. The summed E-state index contributed by atoms with van der Waals surface area (Å²) in [5, 5.41) is 0. The van der Waals surface area contributed by atoms with E-state index in [1.165, 1.54) is 5.56 Å². The minimum atomic E-state index is 0.195. The van der Waals surface area contributed by atoms with Crippen molar-refractivity contribution in [1.29, 1.82) is 0 Å². The predicted molar refractivity (Wildman–Crippen MR) is 60.8 cm³/mol. The third-order valence-electron chi connectivity index (χ3n) is 2.10. The summed E-state index contributed by atoms with van der Waals surface area (Å²) in [6.07, 6.45) is 0. The molecule has 3 heteroatoms. The minimum Gasteiger partial charge on any atom is -0.494 e. The Balaban J connectivity index is 2.54. The van der Waals surface area contributed by atoms with Crippen molar-refractivity contribution in [2.24, 2.45) is 0 Å². The highest BCUT2D eigenvalue weighted by Crippen LogP contribution is 2.17. The van der Waals surface area contributed by atoms with Crippen molar-refractivity contribution in [1.82, 2.24) is 5.48 Å². The first-order valence-corrected chi connectivity index (χ1v) is 5.38. The van der Waals surface area contributed by atoms with Crippen LogP contribution in [0.25, 0.3) is 0 Å². The highest BCUT2D eigenvalue weighted by atomic mass is 16.6. The lowest BCUT2D eigenvalue weighted by Gasteiger charge is -2.13. The summed E-state index contributed by atoms with van der Waals surface area (Å²) >= 11 is 0. The molecule has 1 atom stereocenters. The lowest BCUT2D eigenvalue weighted by Crippen LogP contribution is -2.18. The first kappa shape index (κ1) is 12.0. The topological polar surface area (TPSA) is 30.5 Å². The van der Waals surface area contributed by atoms with Crippen LogP contribution in [0.15, 0.2) is 24.3 Å². The van der Waals surface area contributed by atoms with E-state index in [1.54, 1.807) is 0 Å². The van der Waals surface area contributed by atoms with Crippen LogP contribution in [0.3, 0.4) is 0 Å². The third kappa shape index (κ3) is 3.90. The molecule has 0 heterocycles. The van der Waals surface area contributed by atoms with Crippen molar-refractivity contribution in [3.8, 4) is 5.75 Å². The maximum absolute atomic E-state index is 5.37. The maximum Gasteiger partial charge on any atom is 0.119 e. The van der Waals surface area contributed by atoms with Crippen LogP contribution < -0.4 is 10.2 Å². The molecule has 3 nitrogen and oxygen atoms in total. The Morgan fingerprint density at radius 1 is 1.13 bits per heavy atom. The van der Waals surface area contributed by atoms with E-state index in [9.17, 15) is 0 Å². The molecule has 0 amide bonds. The predicted octanol–water partition coefficient (Wildman–Crippen LogP) is 2.69. The molecule has 0 radical (unpaired) electrons. The normalized spacial score (nSPS) is 12.5. The van der Waals surface area contributed by atoms with Crippen molar-refractivity contribution < 1.29 is 9.57 Å². The van der Waals surface area contributed by atoms with Crippen LogP contribution in [0.5, 0.6) is 5.75 Å². The molecular formula is C12H19NO2. The largest absolute Gasteiger partial charge is 0.494 e. The summed E-state index contributed by atoms with van der Waals surface area (Å²) in [6.45, 7) is 7.36. The van der Waals surface area contributed by atoms with Gasteiger partial charge in [0.2, 0.25) is 0 Å². The van der Waals surface area contributed by atoms with Crippen molar-refractivity contribution in [3.63, 3.8) is 0 Å². The summed E-state index contributed by atoms with van der Waals surface area (Å²) in [5.74, 6) is 0.907. The van der Waals surface area contributed by atoms with E-state index in [0.29, 0.717) is 13.2 Å². The van der Waals surface area contributed by atoms with Gasteiger partial charge in [-0.05, 0) is 38.5 Å². The zero-order valence-corrected chi connectivity index (χ0v) is 9.62. The SMILES string of the molecule is CCONC(C)c1ccc(OCC)cc1. The standard InChI is InChI=1S/C12H19NO2/c1-4-14-12-8-6-11(7-9-12)10(3)13-15-5-2/h6-10,13H,4-5H2,1-3H3. The highest BCUT2D eigenvalue weighted by molar-refractivity contribution is 5.28. The van der Waals surface area contributed by atoms with Gasteiger partial charge in [0.05, 0.1) is 19.3 Å². The summed E-state index contributed by atoms with van der Waals surface area (Å²) in [4.78, 5) is 5.15. The second-order valence-electron chi connectivity index (χ2n) is 3.27.